The summed E-state index contributed by atoms with van der Waals surface area (Å²) in [6, 6.07) is 0. The summed E-state index contributed by atoms with van der Waals surface area (Å²) in [6.45, 7) is 2.58. The minimum atomic E-state index is -3.19. The lowest BCUT2D eigenvalue weighted by Crippen LogP contribution is -2.28. The molecule has 1 atom stereocenters. The quantitative estimate of drug-likeness (QED) is 0.502. The monoisotopic (exact) mass is 151 g/mol. The van der Waals surface area contributed by atoms with Gasteiger partial charge in [0.1, 0.15) is 0 Å². The maximum Gasteiger partial charge on any atom is 0.229 e. The van der Waals surface area contributed by atoms with E-state index in [4.69, 9.17) is 4.55 Å². The Balaban J connectivity index is 4.24. The van der Waals surface area contributed by atoms with E-state index in [1.165, 1.54) is 13.8 Å². The minimum absolute atomic E-state index is 0.513. The molecule has 0 aromatic heterocycles. The fourth-order valence-electron chi connectivity index (χ4n) is 0.265. The van der Waals surface area contributed by atoms with Gasteiger partial charge in [0.05, 0.1) is 0 Å². The van der Waals surface area contributed by atoms with Gasteiger partial charge in [-0.2, -0.15) is 0 Å². The van der Waals surface area contributed by atoms with Gasteiger partial charge in [-0.15, -0.1) is 0 Å². The van der Waals surface area contributed by atoms with E-state index in [1.807, 2.05) is 4.72 Å². The van der Waals surface area contributed by atoms with Gasteiger partial charge in [-0.1, -0.05) is 0 Å². The van der Waals surface area contributed by atoms with Gasteiger partial charge >= 0.3 is 0 Å². The zero-order valence-electron chi connectivity index (χ0n) is 5.25. The van der Waals surface area contributed by atoms with Gasteiger partial charge in [-0.25, -0.2) is 4.21 Å². The van der Waals surface area contributed by atoms with E-state index in [2.05, 4.69) is 0 Å². The number of hydrogen-bond donors (Lipinski definition) is 2. The molecule has 0 aliphatic carbocycles. The van der Waals surface area contributed by atoms with Crippen LogP contribution in [0.3, 0.4) is 0 Å². The van der Waals surface area contributed by atoms with E-state index in [9.17, 15) is 9.00 Å². The Bertz CT molecular complexity index is 214. The molecule has 54 valence electrons. The molecule has 0 saturated heterocycles. The average molecular weight is 151 g/mol. The van der Waals surface area contributed by atoms with E-state index in [0.29, 0.717) is 0 Å². The molecule has 4 nitrogen and oxygen atoms in total. The summed E-state index contributed by atoms with van der Waals surface area (Å²) in [5.74, 6) is -0.513. The van der Waals surface area contributed by atoms with Crippen molar-refractivity contribution in [3.8, 4) is 0 Å². The number of amides is 1. The Morgan fingerprint density at radius 1 is 1.78 bits per heavy atom. The van der Waals surface area contributed by atoms with Crippen LogP contribution in [-0.2, 0) is 14.8 Å². The molecule has 9 heavy (non-hydrogen) atoms. The highest BCUT2D eigenvalue weighted by Crippen LogP contribution is 1.74. The molecular formula is C4H9NO3S. The van der Waals surface area contributed by atoms with Crippen molar-refractivity contribution in [3.05, 3.63) is 0 Å². The third kappa shape index (κ3) is 3.99. The molecule has 0 heterocycles. The van der Waals surface area contributed by atoms with Crippen molar-refractivity contribution < 1.29 is 13.6 Å². The van der Waals surface area contributed by atoms with Crippen LogP contribution in [0, 0.1) is 0 Å². The molecule has 0 bridgehead atoms. The lowest BCUT2D eigenvalue weighted by Gasteiger charge is -2.00. The zero-order valence-corrected chi connectivity index (χ0v) is 6.07. The Kier molecular flexibility index (Phi) is 2.66. The summed E-state index contributed by atoms with van der Waals surface area (Å²) >= 11 is 0. The molecule has 0 aromatic carbocycles. The van der Waals surface area contributed by atoms with Gasteiger partial charge in [0.2, 0.25) is 5.91 Å². The van der Waals surface area contributed by atoms with Gasteiger partial charge < -0.3 is 0 Å². The van der Waals surface area contributed by atoms with Crippen molar-refractivity contribution in [2.24, 2.45) is 0 Å². The fourth-order valence-corrected chi connectivity index (χ4v) is 0.795. The van der Waals surface area contributed by atoms with Crippen molar-refractivity contribution in [2.75, 3.05) is 0 Å². The van der Waals surface area contributed by atoms with E-state index >= 15 is 0 Å². The van der Waals surface area contributed by atoms with Gasteiger partial charge in [0.15, 0.2) is 9.99 Å². The smallest absolute Gasteiger partial charge is 0.229 e. The summed E-state index contributed by atoms with van der Waals surface area (Å²) in [5, 5.41) is 1.04. The first-order chi connectivity index (χ1) is 3.98. The second-order valence-electron chi connectivity index (χ2n) is 1.46. The van der Waals surface area contributed by atoms with Crippen molar-refractivity contribution >= 4 is 21.3 Å². The van der Waals surface area contributed by atoms with Crippen LogP contribution in [-0.4, -0.2) is 20.0 Å². The largest absolute Gasteiger partial charge is 0.298 e. The Morgan fingerprint density at radius 3 is 2.33 bits per heavy atom. The predicted molar refractivity (Wildman–Crippen MR) is 36.3 cm³/mol. The second-order valence-corrected chi connectivity index (χ2v) is 3.28. The summed E-state index contributed by atoms with van der Waals surface area (Å²) in [6.07, 6.45) is 0. The average Bonchev–Trinajstić information content (AvgIpc) is 1.63. The molecule has 1 unspecified atom stereocenters. The van der Waals surface area contributed by atoms with E-state index in [1.54, 1.807) is 0 Å². The van der Waals surface area contributed by atoms with Crippen LogP contribution < -0.4 is 4.72 Å². The fraction of sp³-hybridized carbons (Fsp3) is 0.500. The van der Waals surface area contributed by atoms with E-state index in [-0.39, 0.29) is 0 Å². The third-order valence-electron chi connectivity index (χ3n) is 0.609. The number of carbonyl (C=O) groups is 1. The molecule has 5 heteroatoms. The van der Waals surface area contributed by atoms with Crippen LogP contribution in [0.5, 0.6) is 0 Å². The van der Waals surface area contributed by atoms with Crippen LogP contribution in [0.25, 0.3) is 0 Å². The van der Waals surface area contributed by atoms with Gasteiger partial charge in [-0.05, 0) is 6.92 Å². The normalized spacial score (nSPS) is 15.9. The summed E-state index contributed by atoms with van der Waals surface area (Å²) in [5.41, 5.74) is 0. The molecule has 2 N–H and O–H groups in total. The Hall–Kier alpha value is -0.550. The summed E-state index contributed by atoms with van der Waals surface area (Å²) < 4.78 is 21.0. The predicted octanol–water partition coefficient (Wildman–Crippen LogP) is -0.383. The van der Waals surface area contributed by atoms with Gasteiger partial charge in [0.25, 0.3) is 0 Å². The van der Waals surface area contributed by atoms with Crippen molar-refractivity contribution in [1.29, 1.82) is 0 Å². The number of carbonyl (C=O) groups excluding carboxylic acids is 1. The highest BCUT2D eigenvalue weighted by atomic mass is 32.2. The first-order valence-corrected chi connectivity index (χ1v) is 3.90. The molecule has 0 aromatic rings. The first kappa shape index (κ1) is 8.45. The molecule has 0 rings (SSSR count). The van der Waals surface area contributed by atoms with Crippen LogP contribution >= 0.6 is 0 Å². The zero-order chi connectivity index (χ0) is 7.49. The highest BCUT2D eigenvalue weighted by Gasteiger charge is 1.98. The number of rotatable bonds is 1. The third-order valence-corrected chi connectivity index (χ3v) is 1.83. The van der Waals surface area contributed by atoms with E-state index in [0.717, 1.165) is 5.37 Å². The Morgan fingerprint density at radius 2 is 2.22 bits per heavy atom. The van der Waals surface area contributed by atoms with Gasteiger partial charge in [-0.3, -0.25) is 14.1 Å². The molecule has 1 amide bonds. The Labute approximate surface area is 54.2 Å². The second kappa shape index (κ2) is 2.84. The number of nitrogens with one attached hydrogen (secondary N) is 1. The molecule has 0 spiro atoms. The highest BCUT2D eigenvalue weighted by molar-refractivity contribution is 7.94. The molecule has 0 aliphatic rings. The van der Waals surface area contributed by atoms with Crippen molar-refractivity contribution in [1.82, 2.24) is 4.72 Å². The van der Waals surface area contributed by atoms with E-state index < -0.39 is 15.9 Å². The van der Waals surface area contributed by atoms with Crippen LogP contribution in [0.15, 0.2) is 0 Å². The molecule has 0 radical (unpaired) electrons. The van der Waals surface area contributed by atoms with Crippen LogP contribution in [0.4, 0.5) is 0 Å². The minimum Gasteiger partial charge on any atom is -0.298 e. The number of hydrogen-bond acceptors (Lipinski definition) is 2. The van der Waals surface area contributed by atoms with Crippen LogP contribution in [0.1, 0.15) is 13.8 Å². The summed E-state index contributed by atoms with van der Waals surface area (Å²) in [7, 11) is -3.19. The topological polar surface area (TPSA) is 66.4 Å². The molecule has 0 saturated carbocycles. The van der Waals surface area contributed by atoms with Gasteiger partial charge in [0, 0.05) is 12.3 Å². The standard InChI is InChI=1S/C4H9NO3S/c1-3-9(7,8)5-4(2)6/h3H,1-2H3,(H2,5,6,7,8). The molecule has 0 aliphatic heterocycles. The van der Waals surface area contributed by atoms with Crippen LogP contribution in [0.2, 0.25) is 0 Å². The van der Waals surface area contributed by atoms with Crippen molar-refractivity contribution in [2.45, 2.75) is 13.8 Å². The lowest BCUT2D eigenvalue weighted by atomic mass is 10.8. The van der Waals surface area contributed by atoms with Crippen molar-refractivity contribution in [3.63, 3.8) is 0 Å². The first-order valence-electron chi connectivity index (χ1n) is 2.32. The molecule has 0 fully saturated rings. The SMILES string of the molecule is CC=S(=O)(O)NC(C)=O. The molecular weight excluding hydrogens is 142 g/mol. The summed E-state index contributed by atoms with van der Waals surface area (Å²) in [4.78, 5) is 10.1. The maximum atomic E-state index is 10.5. The maximum absolute atomic E-state index is 10.5. The lowest BCUT2D eigenvalue weighted by molar-refractivity contribution is -0.117.